The molecule has 27 heavy (non-hydrogen) atoms. The fourth-order valence-electron chi connectivity index (χ4n) is 3.43. The zero-order chi connectivity index (χ0) is 19.6. The highest BCUT2D eigenvalue weighted by Gasteiger charge is 2.33. The van der Waals surface area contributed by atoms with E-state index in [0.717, 1.165) is 27.6 Å². The van der Waals surface area contributed by atoms with Crippen molar-refractivity contribution in [2.75, 3.05) is 0 Å². The molecule has 0 aliphatic rings. The van der Waals surface area contributed by atoms with Crippen LogP contribution >= 0.6 is 7.92 Å². The van der Waals surface area contributed by atoms with Crippen LogP contribution in [0, 0.1) is 27.7 Å². The molecule has 0 amide bonds. The Bertz CT molecular complexity index is 902. The van der Waals surface area contributed by atoms with Crippen molar-refractivity contribution in [1.29, 1.82) is 0 Å². The number of rotatable bonds is 5. The zero-order valence-corrected chi connectivity index (χ0v) is 17.0. The van der Waals surface area contributed by atoms with Crippen LogP contribution in [-0.2, 0) is 0 Å². The molecular weight excluding hydrogens is 351 g/mol. The van der Waals surface area contributed by atoms with E-state index in [4.69, 9.17) is 0 Å². The lowest BCUT2D eigenvalue weighted by molar-refractivity contribution is 0.105. The minimum Gasteiger partial charge on any atom is -0.288 e. The van der Waals surface area contributed by atoms with Crippen molar-refractivity contribution >= 4 is 24.3 Å². The van der Waals surface area contributed by atoms with E-state index in [0.29, 0.717) is 11.1 Å². The number of hydrogen-bond donors (Lipinski definition) is 0. The van der Waals surface area contributed by atoms with Crippen LogP contribution in [0.4, 0.5) is 0 Å². The van der Waals surface area contributed by atoms with Crippen molar-refractivity contribution in [2.45, 2.75) is 27.7 Å². The largest absolute Gasteiger partial charge is 0.288 e. The van der Waals surface area contributed by atoms with Gasteiger partial charge in [0.25, 0.3) is 0 Å². The molecule has 0 aliphatic carbocycles. The molecule has 0 fully saturated rings. The highest BCUT2D eigenvalue weighted by molar-refractivity contribution is 7.96. The normalized spacial score (nSPS) is 10.9. The van der Waals surface area contributed by atoms with Gasteiger partial charge in [-0.3, -0.25) is 9.59 Å². The van der Waals surface area contributed by atoms with Crippen molar-refractivity contribution in [2.24, 2.45) is 0 Å². The molecule has 0 spiro atoms. The summed E-state index contributed by atoms with van der Waals surface area (Å²) < 4.78 is 0. The molecule has 0 unspecified atom stereocenters. The monoisotopic (exact) mass is 374 g/mol. The van der Waals surface area contributed by atoms with Gasteiger partial charge in [-0.2, -0.15) is 0 Å². The molecule has 3 aromatic rings. The summed E-state index contributed by atoms with van der Waals surface area (Å²) in [5.74, 6) is 0. The molecule has 3 heteroatoms. The minimum absolute atomic E-state index is 0.0700. The predicted molar refractivity (Wildman–Crippen MR) is 113 cm³/mol. The van der Waals surface area contributed by atoms with Gasteiger partial charge in [0.05, 0.1) is 7.92 Å². The predicted octanol–water partition coefficient (Wildman–Crippen LogP) is 5.71. The van der Waals surface area contributed by atoms with Crippen LogP contribution in [0.25, 0.3) is 0 Å². The summed E-state index contributed by atoms with van der Waals surface area (Å²) in [6, 6.07) is 21.1. The Morgan fingerprint density at radius 1 is 0.556 bits per heavy atom. The van der Waals surface area contributed by atoms with E-state index < -0.39 is 7.92 Å². The van der Waals surface area contributed by atoms with E-state index in [1.165, 1.54) is 0 Å². The summed E-state index contributed by atoms with van der Waals surface area (Å²) in [5, 5.41) is 0.799. The van der Waals surface area contributed by atoms with Crippen LogP contribution in [0.5, 0.6) is 0 Å². The number of carbonyl (C=O) groups is 2. The van der Waals surface area contributed by atoms with Crippen molar-refractivity contribution in [3.8, 4) is 0 Å². The van der Waals surface area contributed by atoms with Gasteiger partial charge in [-0.05, 0) is 55.3 Å². The van der Waals surface area contributed by atoms with Crippen LogP contribution in [0.1, 0.15) is 43.0 Å². The first-order valence-corrected chi connectivity index (χ1v) is 10.3. The van der Waals surface area contributed by atoms with Gasteiger partial charge in [0, 0.05) is 11.1 Å². The lowest BCUT2D eigenvalue weighted by Gasteiger charge is -2.20. The van der Waals surface area contributed by atoms with Gasteiger partial charge in [-0.15, -0.1) is 0 Å². The molecule has 0 aromatic heterocycles. The molecule has 3 aromatic carbocycles. The van der Waals surface area contributed by atoms with E-state index >= 15 is 0 Å². The highest BCUT2D eigenvalue weighted by atomic mass is 31.1. The average Bonchev–Trinajstić information content (AvgIpc) is 2.62. The first-order valence-electron chi connectivity index (χ1n) is 8.98. The summed E-state index contributed by atoms with van der Waals surface area (Å²) in [4.78, 5) is 27.3. The molecule has 0 atom stereocenters. The standard InChI is InChI=1S/C24H23O2P/c1-16-10-8-11-17(2)21(16)23(25)27(20-14-6-5-7-15-20)24(26)22-18(3)12-9-13-19(22)4/h5-15H,1-4H3. The molecule has 0 heterocycles. The molecule has 0 radical (unpaired) electrons. The van der Waals surface area contributed by atoms with Gasteiger partial charge < -0.3 is 0 Å². The second kappa shape index (κ2) is 7.98. The van der Waals surface area contributed by atoms with E-state index in [2.05, 4.69) is 0 Å². The zero-order valence-electron chi connectivity index (χ0n) is 16.1. The lowest BCUT2D eigenvalue weighted by Crippen LogP contribution is -2.18. The Labute approximate surface area is 162 Å². The van der Waals surface area contributed by atoms with Crippen molar-refractivity contribution in [3.05, 3.63) is 100 Å². The maximum absolute atomic E-state index is 13.6. The SMILES string of the molecule is Cc1cccc(C)c1C(=O)P(C(=O)c1c(C)cccc1C)c1ccccc1. The molecular formula is C24H23O2P. The van der Waals surface area contributed by atoms with Crippen LogP contribution in [0.2, 0.25) is 0 Å². The van der Waals surface area contributed by atoms with Crippen LogP contribution in [-0.4, -0.2) is 11.0 Å². The molecule has 0 bridgehead atoms. The van der Waals surface area contributed by atoms with Gasteiger partial charge in [0.1, 0.15) is 0 Å². The van der Waals surface area contributed by atoms with Crippen molar-refractivity contribution < 1.29 is 9.59 Å². The molecule has 0 saturated carbocycles. The quantitative estimate of drug-likeness (QED) is 0.536. The first-order chi connectivity index (χ1) is 12.9. The summed E-state index contributed by atoms with van der Waals surface area (Å²) >= 11 is 0. The number of benzene rings is 3. The average molecular weight is 374 g/mol. The topological polar surface area (TPSA) is 34.1 Å². The van der Waals surface area contributed by atoms with E-state index in [1.54, 1.807) is 0 Å². The molecule has 0 aliphatic heterocycles. The summed E-state index contributed by atoms with van der Waals surface area (Å²) in [5.41, 5.74) is 4.86. The van der Waals surface area contributed by atoms with Crippen molar-refractivity contribution in [3.63, 3.8) is 0 Å². The second-order valence-corrected chi connectivity index (χ2v) is 8.81. The molecule has 0 N–H and O–H groups in total. The Morgan fingerprint density at radius 2 is 0.926 bits per heavy atom. The fraction of sp³-hybridized carbons (Fsp3) is 0.167. The highest BCUT2D eigenvalue weighted by Crippen LogP contribution is 2.44. The molecule has 2 nitrogen and oxygen atoms in total. The molecule has 136 valence electrons. The number of hydrogen-bond acceptors (Lipinski definition) is 2. The van der Waals surface area contributed by atoms with E-state index in [9.17, 15) is 9.59 Å². The van der Waals surface area contributed by atoms with Gasteiger partial charge in [0.2, 0.25) is 0 Å². The summed E-state index contributed by atoms with van der Waals surface area (Å²) in [6.07, 6.45) is 0. The third kappa shape index (κ3) is 3.77. The van der Waals surface area contributed by atoms with Crippen LogP contribution in [0.15, 0.2) is 66.7 Å². The van der Waals surface area contributed by atoms with E-state index in [-0.39, 0.29) is 11.0 Å². The lowest BCUT2D eigenvalue weighted by atomic mass is 10.0. The minimum atomic E-state index is -1.67. The summed E-state index contributed by atoms with van der Waals surface area (Å²) in [6.45, 7) is 7.73. The third-order valence-corrected chi connectivity index (χ3v) is 6.88. The molecule has 3 rings (SSSR count). The van der Waals surface area contributed by atoms with Gasteiger partial charge in [-0.25, -0.2) is 0 Å². The van der Waals surface area contributed by atoms with Crippen LogP contribution in [0.3, 0.4) is 0 Å². The Morgan fingerprint density at radius 3 is 1.30 bits per heavy atom. The van der Waals surface area contributed by atoms with Gasteiger partial charge in [-0.1, -0.05) is 66.7 Å². The number of aryl methyl sites for hydroxylation is 4. The Kier molecular flexibility index (Phi) is 5.68. The summed E-state index contributed by atoms with van der Waals surface area (Å²) in [7, 11) is -1.67. The second-order valence-electron chi connectivity index (χ2n) is 6.81. The molecule has 0 saturated heterocycles. The first kappa shape index (κ1) is 19.2. The third-order valence-electron chi connectivity index (χ3n) is 4.81. The maximum Gasteiger partial charge on any atom is 0.197 e. The fourth-order valence-corrected chi connectivity index (χ4v) is 5.71. The number of carbonyl (C=O) groups excluding carboxylic acids is 2. The smallest absolute Gasteiger partial charge is 0.197 e. The Balaban J connectivity index is 2.19. The van der Waals surface area contributed by atoms with E-state index in [1.807, 2.05) is 94.4 Å². The van der Waals surface area contributed by atoms with Crippen molar-refractivity contribution in [1.82, 2.24) is 0 Å². The Hall–Kier alpha value is -2.57. The van der Waals surface area contributed by atoms with Gasteiger partial charge >= 0.3 is 0 Å². The van der Waals surface area contributed by atoms with Crippen LogP contribution < -0.4 is 5.30 Å². The van der Waals surface area contributed by atoms with Gasteiger partial charge in [0.15, 0.2) is 11.0 Å². The maximum atomic E-state index is 13.6.